The number of benzene rings is 1. The minimum absolute atomic E-state index is 0.0351. The lowest BCUT2D eigenvalue weighted by Gasteiger charge is -2.10. The lowest BCUT2D eigenvalue weighted by Crippen LogP contribution is -2.18. The van der Waals surface area contributed by atoms with Crippen molar-refractivity contribution in [3.63, 3.8) is 0 Å². The van der Waals surface area contributed by atoms with E-state index in [9.17, 15) is 18.0 Å². The molecule has 1 aromatic carbocycles. The molecule has 0 fully saturated rings. The summed E-state index contributed by atoms with van der Waals surface area (Å²) < 4.78 is 32.8. The summed E-state index contributed by atoms with van der Waals surface area (Å²) in [6.07, 6.45) is 0.944. The van der Waals surface area contributed by atoms with Gasteiger partial charge in [0, 0.05) is 11.8 Å². The number of halogens is 1. The summed E-state index contributed by atoms with van der Waals surface area (Å²) in [5.41, 5.74) is -0.172. The summed E-state index contributed by atoms with van der Waals surface area (Å²) in [6.45, 7) is 1.58. The third kappa shape index (κ3) is 3.49. The number of methoxy groups -OCH3 is 1. The van der Waals surface area contributed by atoms with E-state index >= 15 is 0 Å². The Kier molecular flexibility index (Phi) is 5.13. The van der Waals surface area contributed by atoms with Crippen LogP contribution in [0, 0.1) is 0 Å². The molecule has 0 saturated heterocycles. The van der Waals surface area contributed by atoms with Gasteiger partial charge in [0.1, 0.15) is 4.90 Å². The Hall–Kier alpha value is -1.60. The molecule has 0 atom stereocenters. The Bertz CT molecular complexity index is 650. The largest absolute Gasteiger partial charge is 0.494 e. The lowest BCUT2D eigenvalue weighted by molar-refractivity contribution is -0.137. The van der Waals surface area contributed by atoms with E-state index in [0.29, 0.717) is 0 Å². The average molecular weight is 321 g/mol. The summed E-state index contributed by atoms with van der Waals surface area (Å²) in [6, 6.07) is 2.20. The second-order valence-corrected chi connectivity index (χ2v) is 6.20. The van der Waals surface area contributed by atoms with E-state index in [-0.39, 0.29) is 27.8 Å². The minimum atomic E-state index is -3.68. The summed E-state index contributed by atoms with van der Waals surface area (Å²) in [5.74, 6) is -2.12. The molecule has 6 nitrogen and oxygen atoms in total. The van der Waals surface area contributed by atoms with Crippen LogP contribution in [0.5, 0.6) is 5.75 Å². The first-order chi connectivity index (χ1) is 9.22. The number of hydrogen-bond donors (Lipinski definition) is 0. The number of carbonyl (C=O) groups excluding carboxylic acids is 2. The van der Waals surface area contributed by atoms with Crippen molar-refractivity contribution in [3.8, 4) is 5.75 Å². The van der Waals surface area contributed by atoms with Crippen LogP contribution < -0.4 is 4.74 Å². The van der Waals surface area contributed by atoms with Gasteiger partial charge in [-0.2, -0.15) is 0 Å². The molecule has 0 radical (unpaired) electrons. The Labute approximate surface area is 121 Å². The maximum atomic E-state index is 11.8. The monoisotopic (exact) mass is 320 g/mol. The number of ketones is 1. The van der Waals surface area contributed by atoms with E-state index in [0.717, 1.165) is 18.4 Å². The highest BCUT2D eigenvalue weighted by molar-refractivity contribution is 7.90. The molecule has 0 saturated carbocycles. The van der Waals surface area contributed by atoms with Crippen LogP contribution in [0.2, 0.25) is 5.02 Å². The highest BCUT2D eigenvalue weighted by Gasteiger charge is 2.24. The van der Waals surface area contributed by atoms with Gasteiger partial charge in [-0.25, -0.2) is 13.2 Å². The number of sulfone groups is 1. The number of ether oxygens (including phenoxy) is 2. The molecule has 20 heavy (non-hydrogen) atoms. The molecular formula is C12H13ClO6S. The van der Waals surface area contributed by atoms with Gasteiger partial charge < -0.3 is 9.47 Å². The minimum Gasteiger partial charge on any atom is -0.494 e. The molecule has 1 rings (SSSR count). The van der Waals surface area contributed by atoms with Crippen LogP contribution >= 0.6 is 11.6 Å². The molecule has 0 aliphatic rings. The standard InChI is InChI=1S/C12H13ClO6S/c1-4-19-12(15)10(14)7-5-8(13)11(18-2)9(6-7)20(3,16)17/h5-6H,4H2,1-3H3. The van der Waals surface area contributed by atoms with E-state index < -0.39 is 21.6 Å². The van der Waals surface area contributed by atoms with Gasteiger partial charge in [-0.15, -0.1) is 0 Å². The molecule has 0 amide bonds. The van der Waals surface area contributed by atoms with Crippen LogP contribution in [0.3, 0.4) is 0 Å². The molecule has 0 unspecified atom stereocenters. The van der Waals surface area contributed by atoms with Crippen molar-refractivity contribution in [1.82, 2.24) is 0 Å². The zero-order valence-corrected chi connectivity index (χ0v) is 12.7. The Morgan fingerprint density at radius 1 is 1.30 bits per heavy atom. The molecule has 0 aliphatic heterocycles. The number of hydrogen-bond acceptors (Lipinski definition) is 6. The fourth-order valence-corrected chi connectivity index (χ4v) is 2.71. The molecule has 110 valence electrons. The summed E-state index contributed by atoms with van der Waals surface area (Å²) >= 11 is 5.87. The number of esters is 1. The Morgan fingerprint density at radius 3 is 2.35 bits per heavy atom. The topological polar surface area (TPSA) is 86.7 Å². The van der Waals surface area contributed by atoms with Crippen LogP contribution in [0.15, 0.2) is 17.0 Å². The van der Waals surface area contributed by atoms with Gasteiger partial charge in [0.25, 0.3) is 5.78 Å². The third-order valence-electron chi connectivity index (χ3n) is 2.34. The summed E-state index contributed by atoms with van der Waals surface area (Å²) in [4.78, 5) is 22.9. The maximum absolute atomic E-state index is 11.8. The van der Waals surface area contributed by atoms with Crippen LogP contribution in [0.25, 0.3) is 0 Å². The number of Topliss-reactive ketones (excluding diaryl/α,β-unsaturated/α-hetero) is 1. The maximum Gasteiger partial charge on any atom is 0.379 e. The normalized spacial score (nSPS) is 11.0. The Balaban J connectivity index is 3.43. The van der Waals surface area contributed by atoms with Gasteiger partial charge in [0.15, 0.2) is 15.6 Å². The summed E-state index contributed by atoms with van der Waals surface area (Å²) in [5, 5.41) is -0.0805. The summed E-state index contributed by atoms with van der Waals surface area (Å²) in [7, 11) is -2.42. The zero-order valence-electron chi connectivity index (χ0n) is 11.1. The molecule has 0 aliphatic carbocycles. The van der Waals surface area contributed by atoms with Crippen molar-refractivity contribution >= 4 is 33.2 Å². The van der Waals surface area contributed by atoms with Crippen molar-refractivity contribution in [2.24, 2.45) is 0 Å². The van der Waals surface area contributed by atoms with Gasteiger partial charge in [0.05, 0.1) is 18.7 Å². The predicted molar refractivity (Wildman–Crippen MR) is 72.1 cm³/mol. The molecule has 1 aromatic rings. The molecular weight excluding hydrogens is 308 g/mol. The fraction of sp³-hybridized carbons (Fsp3) is 0.333. The van der Waals surface area contributed by atoms with E-state index in [2.05, 4.69) is 4.74 Å². The lowest BCUT2D eigenvalue weighted by atomic mass is 10.1. The third-order valence-corrected chi connectivity index (χ3v) is 3.72. The van der Waals surface area contributed by atoms with Crippen molar-refractivity contribution in [1.29, 1.82) is 0 Å². The van der Waals surface area contributed by atoms with Crippen LogP contribution in [-0.4, -0.2) is 40.1 Å². The second-order valence-electron chi connectivity index (χ2n) is 3.81. The van der Waals surface area contributed by atoms with Gasteiger partial charge in [-0.3, -0.25) is 4.79 Å². The van der Waals surface area contributed by atoms with Crippen LogP contribution in [0.1, 0.15) is 17.3 Å². The van der Waals surface area contributed by atoms with Gasteiger partial charge in [0.2, 0.25) is 0 Å². The van der Waals surface area contributed by atoms with Gasteiger partial charge in [-0.05, 0) is 19.1 Å². The SMILES string of the molecule is CCOC(=O)C(=O)c1cc(Cl)c(OC)c(S(C)(=O)=O)c1. The van der Waals surface area contributed by atoms with Gasteiger partial charge >= 0.3 is 5.97 Å². The van der Waals surface area contributed by atoms with Crippen molar-refractivity contribution < 1.29 is 27.5 Å². The van der Waals surface area contributed by atoms with Crippen molar-refractivity contribution in [3.05, 3.63) is 22.7 Å². The highest BCUT2D eigenvalue weighted by atomic mass is 35.5. The smallest absolute Gasteiger partial charge is 0.379 e. The van der Waals surface area contributed by atoms with Crippen LogP contribution in [-0.2, 0) is 19.4 Å². The van der Waals surface area contributed by atoms with E-state index in [1.807, 2.05) is 0 Å². The highest BCUT2D eigenvalue weighted by Crippen LogP contribution is 2.33. The molecule has 0 heterocycles. The second kappa shape index (κ2) is 6.23. The van der Waals surface area contributed by atoms with Crippen molar-refractivity contribution in [2.45, 2.75) is 11.8 Å². The predicted octanol–water partition coefficient (Wildman–Crippen LogP) is 1.50. The Morgan fingerprint density at radius 2 is 1.90 bits per heavy atom. The molecule has 0 spiro atoms. The van der Waals surface area contributed by atoms with E-state index in [1.165, 1.54) is 7.11 Å². The number of carbonyl (C=O) groups is 2. The van der Waals surface area contributed by atoms with E-state index in [4.69, 9.17) is 16.3 Å². The average Bonchev–Trinajstić information content (AvgIpc) is 2.36. The fourth-order valence-electron chi connectivity index (χ4n) is 1.49. The number of rotatable bonds is 5. The first kappa shape index (κ1) is 16.5. The van der Waals surface area contributed by atoms with E-state index in [1.54, 1.807) is 6.92 Å². The first-order valence-corrected chi connectivity index (χ1v) is 7.78. The van der Waals surface area contributed by atoms with Crippen molar-refractivity contribution in [2.75, 3.05) is 20.0 Å². The molecule has 8 heteroatoms. The molecule has 0 aromatic heterocycles. The molecule has 0 N–H and O–H groups in total. The first-order valence-electron chi connectivity index (χ1n) is 5.51. The molecule has 0 bridgehead atoms. The van der Waals surface area contributed by atoms with Crippen LogP contribution in [0.4, 0.5) is 0 Å². The van der Waals surface area contributed by atoms with Gasteiger partial charge in [-0.1, -0.05) is 11.6 Å². The quantitative estimate of drug-likeness (QED) is 0.464. The zero-order chi connectivity index (χ0) is 15.5.